The normalized spacial score (nSPS) is 38.0. The zero-order chi connectivity index (χ0) is 22.9. The number of phenolic OH excluding ortho intramolecular Hbond substituents is 1. The van der Waals surface area contributed by atoms with Crippen LogP contribution in [0.4, 0.5) is 0 Å². The molecular weight excluding hydrogens is 400 g/mol. The summed E-state index contributed by atoms with van der Waals surface area (Å²) >= 11 is 0. The Morgan fingerprint density at radius 2 is 1.84 bits per heavy atom. The number of benzene rings is 1. The zero-order valence-corrected chi connectivity index (χ0v) is 18.4. The van der Waals surface area contributed by atoms with Gasteiger partial charge in [-0.25, -0.2) is 4.79 Å². The summed E-state index contributed by atoms with van der Waals surface area (Å²) < 4.78 is 5.67. The molecule has 31 heavy (non-hydrogen) atoms. The van der Waals surface area contributed by atoms with Gasteiger partial charge in [-0.1, -0.05) is 32.9 Å². The van der Waals surface area contributed by atoms with Crippen LogP contribution in [0.2, 0.25) is 0 Å². The van der Waals surface area contributed by atoms with Crippen molar-refractivity contribution in [2.45, 2.75) is 65.0 Å². The first-order chi connectivity index (χ1) is 14.4. The average Bonchev–Trinajstić information content (AvgIpc) is 2.92. The van der Waals surface area contributed by atoms with Gasteiger partial charge in [0, 0.05) is 11.3 Å². The molecule has 0 radical (unpaired) electrons. The lowest BCUT2D eigenvalue weighted by Gasteiger charge is -2.65. The molecule has 5 N–H and O–H groups in total. The fraction of sp³-hybridized carbons (Fsp3) is 0.625. The fourth-order valence-electron chi connectivity index (χ4n) is 6.52. The van der Waals surface area contributed by atoms with Crippen molar-refractivity contribution in [1.82, 2.24) is 0 Å². The van der Waals surface area contributed by atoms with Crippen LogP contribution in [0.3, 0.4) is 0 Å². The molecule has 2 fully saturated rings. The van der Waals surface area contributed by atoms with Crippen LogP contribution in [-0.4, -0.2) is 55.9 Å². The number of aliphatic hydroxyl groups excluding tert-OH is 3. The summed E-state index contributed by atoms with van der Waals surface area (Å²) in [6.07, 6.45) is 1.41. The molecule has 170 valence electrons. The lowest BCUT2D eigenvalue weighted by molar-refractivity contribution is -0.260. The van der Waals surface area contributed by atoms with E-state index in [4.69, 9.17) is 4.74 Å². The highest BCUT2D eigenvalue weighted by Crippen LogP contribution is 2.68. The van der Waals surface area contributed by atoms with Crippen LogP contribution in [-0.2, 0) is 11.3 Å². The molecule has 6 atom stereocenters. The van der Waals surface area contributed by atoms with Gasteiger partial charge in [0.15, 0.2) is 0 Å². The first-order valence-electron chi connectivity index (χ1n) is 10.8. The maximum absolute atomic E-state index is 12.9. The number of hydrogen-bond donors (Lipinski definition) is 5. The summed E-state index contributed by atoms with van der Waals surface area (Å²) in [7, 11) is 0. The minimum absolute atomic E-state index is 0.0142. The summed E-state index contributed by atoms with van der Waals surface area (Å²) in [5.74, 6) is -1.24. The summed E-state index contributed by atoms with van der Waals surface area (Å²) in [4.78, 5) is 12.9. The molecule has 0 saturated heterocycles. The Hall–Kier alpha value is -1.93. The Bertz CT molecular complexity index is 928. The second-order valence-corrected chi connectivity index (χ2v) is 10.4. The summed E-state index contributed by atoms with van der Waals surface area (Å²) in [6, 6.07) is 2.90. The van der Waals surface area contributed by atoms with E-state index < -0.39 is 29.2 Å². The van der Waals surface area contributed by atoms with E-state index in [-0.39, 0.29) is 41.8 Å². The average molecular weight is 433 g/mol. The third-order valence-electron chi connectivity index (χ3n) is 8.13. The Kier molecular flexibility index (Phi) is 5.05. The summed E-state index contributed by atoms with van der Waals surface area (Å²) in [5, 5.41) is 52.4. The van der Waals surface area contributed by atoms with E-state index in [0.717, 1.165) is 6.42 Å². The lowest BCUT2D eigenvalue weighted by atomic mass is 9.43. The molecule has 0 aromatic heterocycles. The monoisotopic (exact) mass is 432 g/mol. The van der Waals surface area contributed by atoms with Gasteiger partial charge in [0.25, 0.3) is 0 Å². The molecule has 1 aromatic rings. The Morgan fingerprint density at radius 1 is 1.16 bits per heavy atom. The topological polar surface area (TPSA) is 127 Å². The largest absolute Gasteiger partial charge is 0.507 e. The van der Waals surface area contributed by atoms with Gasteiger partial charge in [0.2, 0.25) is 0 Å². The number of aliphatic hydroxyl groups is 4. The van der Waals surface area contributed by atoms with Crippen LogP contribution in [0.5, 0.6) is 5.75 Å². The van der Waals surface area contributed by atoms with Crippen molar-refractivity contribution in [2.75, 3.05) is 6.61 Å². The van der Waals surface area contributed by atoms with Crippen molar-refractivity contribution < 1.29 is 35.1 Å². The molecule has 3 aliphatic carbocycles. The second-order valence-electron chi connectivity index (χ2n) is 10.4. The van der Waals surface area contributed by atoms with E-state index in [9.17, 15) is 30.3 Å². The van der Waals surface area contributed by atoms with Crippen molar-refractivity contribution in [2.24, 2.45) is 22.7 Å². The Morgan fingerprint density at radius 3 is 2.42 bits per heavy atom. The highest BCUT2D eigenvalue weighted by molar-refractivity contribution is 5.94. The van der Waals surface area contributed by atoms with Crippen LogP contribution in [0.15, 0.2) is 23.8 Å². The SMILES string of the molecule is Cc1cc(CO)cc(O)c1C(=O)O[C@@H]1C[C@]2(C)C3C(C=C(CO)[C@]12O)CC(C)(C)[C@@H]3O. The van der Waals surface area contributed by atoms with Crippen LogP contribution in [0, 0.1) is 29.6 Å². The van der Waals surface area contributed by atoms with Crippen LogP contribution >= 0.6 is 0 Å². The molecule has 0 heterocycles. The molecule has 0 amide bonds. The van der Waals surface area contributed by atoms with Gasteiger partial charge < -0.3 is 30.3 Å². The van der Waals surface area contributed by atoms with Crippen molar-refractivity contribution in [1.29, 1.82) is 0 Å². The van der Waals surface area contributed by atoms with Crippen molar-refractivity contribution in [3.8, 4) is 5.75 Å². The van der Waals surface area contributed by atoms with E-state index in [1.807, 2.05) is 26.8 Å². The molecule has 4 rings (SSSR count). The van der Waals surface area contributed by atoms with Gasteiger partial charge in [-0.15, -0.1) is 0 Å². The fourth-order valence-corrected chi connectivity index (χ4v) is 6.52. The summed E-state index contributed by atoms with van der Waals surface area (Å²) in [6.45, 7) is 6.90. The quantitative estimate of drug-likeness (QED) is 0.363. The number of phenols is 1. The van der Waals surface area contributed by atoms with Gasteiger partial charge in [-0.05, 0) is 53.9 Å². The van der Waals surface area contributed by atoms with E-state index in [1.54, 1.807) is 13.0 Å². The molecule has 2 saturated carbocycles. The molecule has 7 nitrogen and oxygen atoms in total. The third kappa shape index (κ3) is 2.90. The van der Waals surface area contributed by atoms with Crippen molar-refractivity contribution in [3.05, 3.63) is 40.5 Å². The highest BCUT2D eigenvalue weighted by Gasteiger charge is 2.74. The number of ether oxygens (including phenoxy) is 1. The molecule has 7 heteroatoms. The molecule has 3 aliphatic rings. The maximum Gasteiger partial charge on any atom is 0.342 e. The summed E-state index contributed by atoms with van der Waals surface area (Å²) in [5.41, 5.74) is -1.32. The van der Waals surface area contributed by atoms with Gasteiger partial charge in [0.05, 0.1) is 19.3 Å². The van der Waals surface area contributed by atoms with Gasteiger partial charge in [0.1, 0.15) is 23.0 Å². The molecule has 0 aliphatic heterocycles. The minimum Gasteiger partial charge on any atom is -0.507 e. The smallest absolute Gasteiger partial charge is 0.342 e. The predicted octanol–water partition coefficient (Wildman–Crippen LogP) is 1.81. The first kappa shape index (κ1) is 22.3. The minimum atomic E-state index is -1.59. The van der Waals surface area contributed by atoms with Crippen LogP contribution in [0.25, 0.3) is 0 Å². The van der Waals surface area contributed by atoms with Crippen LogP contribution < -0.4 is 0 Å². The highest BCUT2D eigenvalue weighted by atomic mass is 16.6. The van der Waals surface area contributed by atoms with Gasteiger partial charge in [-0.2, -0.15) is 0 Å². The van der Waals surface area contributed by atoms with E-state index in [1.165, 1.54) is 6.07 Å². The van der Waals surface area contributed by atoms with Gasteiger partial charge in [-0.3, -0.25) is 0 Å². The number of hydrogen-bond acceptors (Lipinski definition) is 7. The van der Waals surface area contributed by atoms with E-state index >= 15 is 0 Å². The number of carbonyl (C=O) groups excluding carboxylic acids is 1. The predicted molar refractivity (Wildman–Crippen MR) is 112 cm³/mol. The standard InChI is InChI=1S/C24H32O7/c1-12-5-13(10-25)6-16(27)18(12)21(29)31-17-9-23(4)19-14(8-22(2,3)20(19)28)7-15(11-26)24(17,23)30/h5-7,14,17,19-20,25-28,30H,8-11H2,1-4H3/t14?,17-,19?,20-,23-,24+/m1/s1. The molecule has 2 unspecified atom stereocenters. The molecular formula is C24H32O7. The van der Waals surface area contributed by atoms with Crippen molar-refractivity contribution >= 4 is 5.97 Å². The van der Waals surface area contributed by atoms with Crippen LogP contribution in [0.1, 0.15) is 55.1 Å². The third-order valence-corrected chi connectivity index (χ3v) is 8.13. The van der Waals surface area contributed by atoms with E-state index in [2.05, 4.69) is 0 Å². The lowest BCUT2D eigenvalue weighted by Crippen LogP contribution is -2.74. The Balaban J connectivity index is 1.65. The van der Waals surface area contributed by atoms with E-state index in [0.29, 0.717) is 23.1 Å². The number of fused-ring (bicyclic) bond motifs is 3. The maximum atomic E-state index is 12.9. The molecule has 1 aromatic carbocycles. The van der Waals surface area contributed by atoms with Gasteiger partial charge >= 0.3 is 5.97 Å². The number of rotatable bonds is 4. The number of esters is 1. The van der Waals surface area contributed by atoms with Crippen molar-refractivity contribution in [3.63, 3.8) is 0 Å². The Labute approximate surface area is 182 Å². The number of aryl methyl sites for hydroxylation is 1. The number of allylic oxidation sites excluding steroid dienone is 1. The molecule has 0 bridgehead atoms. The first-order valence-corrected chi connectivity index (χ1v) is 10.8. The molecule has 0 spiro atoms. The number of aromatic hydroxyl groups is 1. The number of carbonyl (C=O) groups is 1. The zero-order valence-electron chi connectivity index (χ0n) is 18.4. The second kappa shape index (κ2) is 7.04.